The van der Waals surface area contributed by atoms with Gasteiger partial charge in [-0.1, -0.05) is 19.1 Å². The number of ether oxygens (including phenoxy) is 1. The molecule has 0 radical (unpaired) electrons. The number of pyridine rings is 1. The van der Waals surface area contributed by atoms with Gasteiger partial charge in [-0.25, -0.2) is 0 Å². The summed E-state index contributed by atoms with van der Waals surface area (Å²) < 4.78 is 5.56. The Labute approximate surface area is 89.9 Å². The summed E-state index contributed by atoms with van der Waals surface area (Å²) in [4.78, 5) is 4.38. The number of fused-ring (bicyclic) bond motifs is 1. The molecule has 0 unspecified atom stereocenters. The number of benzene rings is 1. The molecule has 0 fully saturated rings. The second-order valence-electron chi connectivity index (χ2n) is 3.41. The molecule has 0 spiro atoms. The topological polar surface area (TPSA) is 22.1 Å². The van der Waals surface area contributed by atoms with E-state index in [4.69, 9.17) is 4.74 Å². The number of rotatable bonds is 3. The van der Waals surface area contributed by atoms with E-state index in [0.29, 0.717) is 6.61 Å². The van der Waals surface area contributed by atoms with Crippen LogP contribution in [0.3, 0.4) is 0 Å². The lowest BCUT2D eigenvalue weighted by Crippen LogP contribution is -1.95. The fourth-order valence-corrected chi connectivity index (χ4v) is 1.79. The third kappa shape index (κ3) is 1.80. The minimum Gasteiger partial charge on any atom is -0.492 e. The predicted octanol–water partition coefficient (Wildman–Crippen LogP) is 3.20. The maximum absolute atomic E-state index is 5.56. The van der Waals surface area contributed by atoms with Gasteiger partial charge in [0.05, 0.1) is 6.61 Å². The minimum absolute atomic E-state index is 0.678. The first-order valence-corrected chi connectivity index (χ1v) is 5.36. The Kier molecular flexibility index (Phi) is 2.86. The normalized spacial score (nSPS) is 10.5. The van der Waals surface area contributed by atoms with Crippen molar-refractivity contribution < 1.29 is 4.74 Å². The lowest BCUT2D eigenvalue weighted by Gasteiger charge is -2.09. The third-order valence-corrected chi connectivity index (χ3v) is 2.50. The summed E-state index contributed by atoms with van der Waals surface area (Å²) in [5.41, 5.74) is 2.29. The minimum atomic E-state index is 0.678. The van der Waals surface area contributed by atoms with E-state index in [2.05, 4.69) is 24.0 Å². The Morgan fingerprint density at radius 1 is 1.20 bits per heavy atom. The molecule has 0 aliphatic rings. The van der Waals surface area contributed by atoms with Gasteiger partial charge in [-0.3, -0.25) is 4.98 Å². The summed E-state index contributed by atoms with van der Waals surface area (Å²) in [6.45, 7) is 4.82. The standard InChI is InChI=1S/C13H15NO/c1-3-10-7-8-12(15-4-2)13-11(10)6-5-9-14-13/h5-9H,3-4H2,1-2H3. The first-order valence-electron chi connectivity index (χ1n) is 5.36. The zero-order valence-corrected chi connectivity index (χ0v) is 9.16. The van der Waals surface area contributed by atoms with Gasteiger partial charge < -0.3 is 4.74 Å². The molecule has 0 N–H and O–H groups in total. The Morgan fingerprint density at radius 3 is 2.80 bits per heavy atom. The van der Waals surface area contributed by atoms with Crippen LogP contribution in [0.5, 0.6) is 5.75 Å². The highest BCUT2D eigenvalue weighted by molar-refractivity contribution is 5.87. The van der Waals surface area contributed by atoms with E-state index in [0.717, 1.165) is 17.7 Å². The van der Waals surface area contributed by atoms with Gasteiger partial charge in [-0.15, -0.1) is 0 Å². The van der Waals surface area contributed by atoms with Crippen LogP contribution >= 0.6 is 0 Å². The second-order valence-corrected chi connectivity index (χ2v) is 3.41. The van der Waals surface area contributed by atoms with E-state index in [9.17, 15) is 0 Å². The van der Waals surface area contributed by atoms with E-state index >= 15 is 0 Å². The summed E-state index contributed by atoms with van der Waals surface area (Å²) in [6, 6.07) is 8.20. The van der Waals surface area contributed by atoms with Crippen molar-refractivity contribution in [3.8, 4) is 5.75 Å². The number of nitrogens with zero attached hydrogens (tertiary/aromatic N) is 1. The maximum Gasteiger partial charge on any atom is 0.145 e. The Bertz CT molecular complexity index is 465. The number of hydrogen-bond donors (Lipinski definition) is 0. The molecule has 2 nitrogen and oxygen atoms in total. The highest BCUT2D eigenvalue weighted by Crippen LogP contribution is 2.26. The zero-order valence-electron chi connectivity index (χ0n) is 9.16. The van der Waals surface area contributed by atoms with Gasteiger partial charge in [0, 0.05) is 11.6 Å². The summed E-state index contributed by atoms with van der Waals surface area (Å²) in [6.07, 6.45) is 2.83. The van der Waals surface area contributed by atoms with E-state index in [1.54, 1.807) is 0 Å². The zero-order chi connectivity index (χ0) is 10.7. The van der Waals surface area contributed by atoms with Crippen LogP contribution in [0.2, 0.25) is 0 Å². The number of aryl methyl sites for hydroxylation is 1. The molecule has 0 aliphatic heterocycles. The molecule has 2 aromatic rings. The van der Waals surface area contributed by atoms with Crippen molar-refractivity contribution in [3.63, 3.8) is 0 Å². The van der Waals surface area contributed by atoms with E-state index in [1.165, 1.54) is 10.9 Å². The summed E-state index contributed by atoms with van der Waals surface area (Å²) >= 11 is 0. The molecule has 1 aromatic heterocycles. The monoisotopic (exact) mass is 201 g/mol. The SMILES string of the molecule is CCOc1ccc(CC)c2cccnc12. The van der Waals surface area contributed by atoms with Gasteiger partial charge in [0.1, 0.15) is 11.3 Å². The van der Waals surface area contributed by atoms with Gasteiger partial charge in [0.2, 0.25) is 0 Å². The van der Waals surface area contributed by atoms with Crippen LogP contribution in [-0.4, -0.2) is 11.6 Å². The Morgan fingerprint density at radius 2 is 2.07 bits per heavy atom. The van der Waals surface area contributed by atoms with Crippen molar-refractivity contribution in [2.45, 2.75) is 20.3 Å². The van der Waals surface area contributed by atoms with Crippen molar-refractivity contribution in [2.75, 3.05) is 6.61 Å². The van der Waals surface area contributed by atoms with Gasteiger partial charge in [-0.2, -0.15) is 0 Å². The van der Waals surface area contributed by atoms with E-state index in [-0.39, 0.29) is 0 Å². The molecular weight excluding hydrogens is 186 g/mol. The van der Waals surface area contributed by atoms with E-state index < -0.39 is 0 Å². The summed E-state index contributed by atoms with van der Waals surface area (Å²) in [5, 5.41) is 1.20. The van der Waals surface area contributed by atoms with Crippen molar-refractivity contribution >= 4 is 10.9 Å². The van der Waals surface area contributed by atoms with Crippen LogP contribution in [-0.2, 0) is 6.42 Å². The molecule has 1 heterocycles. The highest BCUT2D eigenvalue weighted by atomic mass is 16.5. The van der Waals surface area contributed by atoms with Gasteiger partial charge in [0.25, 0.3) is 0 Å². The first kappa shape index (κ1) is 9.97. The molecule has 78 valence electrons. The fourth-order valence-electron chi connectivity index (χ4n) is 1.79. The van der Waals surface area contributed by atoms with Crippen molar-refractivity contribution in [1.82, 2.24) is 4.98 Å². The van der Waals surface area contributed by atoms with Crippen LogP contribution in [0, 0.1) is 0 Å². The van der Waals surface area contributed by atoms with Gasteiger partial charge in [-0.05, 0) is 31.0 Å². The first-order chi connectivity index (χ1) is 7.36. The van der Waals surface area contributed by atoms with Gasteiger partial charge >= 0.3 is 0 Å². The Hall–Kier alpha value is -1.57. The quantitative estimate of drug-likeness (QED) is 0.760. The molecule has 0 atom stereocenters. The van der Waals surface area contributed by atoms with Crippen LogP contribution in [0.1, 0.15) is 19.4 Å². The summed E-state index contributed by atoms with van der Waals surface area (Å²) in [7, 11) is 0. The smallest absolute Gasteiger partial charge is 0.145 e. The molecule has 2 rings (SSSR count). The summed E-state index contributed by atoms with van der Waals surface area (Å²) in [5.74, 6) is 0.880. The molecule has 0 bridgehead atoms. The third-order valence-electron chi connectivity index (χ3n) is 2.50. The number of aromatic nitrogens is 1. The molecule has 0 saturated heterocycles. The predicted molar refractivity (Wildman–Crippen MR) is 62.3 cm³/mol. The van der Waals surface area contributed by atoms with Crippen LogP contribution in [0.4, 0.5) is 0 Å². The molecule has 0 aliphatic carbocycles. The van der Waals surface area contributed by atoms with Gasteiger partial charge in [0.15, 0.2) is 0 Å². The Balaban J connectivity index is 2.66. The molecule has 1 aromatic carbocycles. The van der Waals surface area contributed by atoms with Crippen LogP contribution in [0.25, 0.3) is 10.9 Å². The number of hydrogen-bond acceptors (Lipinski definition) is 2. The van der Waals surface area contributed by atoms with Crippen molar-refractivity contribution in [3.05, 3.63) is 36.0 Å². The van der Waals surface area contributed by atoms with Crippen LogP contribution in [0.15, 0.2) is 30.5 Å². The molecule has 2 heteroatoms. The maximum atomic E-state index is 5.56. The molecule has 0 saturated carbocycles. The second kappa shape index (κ2) is 4.30. The van der Waals surface area contributed by atoms with Crippen LogP contribution < -0.4 is 4.74 Å². The average Bonchev–Trinajstić information content (AvgIpc) is 2.30. The van der Waals surface area contributed by atoms with Crippen molar-refractivity contribution in [1.29, 1.82) is 0 Å². The lowest BCUT2D eigenvalue weighted by molar-refractivity contribution is 0.343. The molecule has 0 amide bonds. The largest absolute Gasteiger partial charge is 0.492 e. The fraction of sp³-hybridized carbons (Fsp3) is 0.308. The molecular formula is C13H15NO. The van der Waals surface area contributed by atoms with Crippen molar-refractivity contribution in [2.24, 2.45) is 0 Å². The van der Waals surface area contributed by atoms with E-state index in [1.807, 2.05) is 25.3 Å². The lowest BCUT2D eigenvalue weighted by atomic mass is 10.1. The average molecular weight is 201 g/mol. The highest BCUT2D eigenvalue weighted by Gasteiger charge is 2.05. The molecule has 15 heavy (non-hydrogen) atoms.